The van der Waals surface area contributed by atoms with E-state index >= 15 is 0 Å². The second-order valence-electron chi connectivity index (χ2n) is 6.89. The molecule has 0 saturated carbocycles. The number of aryl methyl sites for hydroxylation is 1. The van der Waals surface area contributed by atoms with Gasteiger partial charge in [-0.1, -0.05) is 42.5 Å². The largest absolute Gasteiger partial charge is 0.489 e. The first kappa shape index (κ1) is 21.8. The smallest absolute Gasteiger partial charge is 0.191 e. The first-order chi connectivity index (χ1) is 13.3. The summed E-state index contributed by atoms with van der Waals surface area (Å²) >= 11 is 0. The summed E-state index contributed by atoms with van der Waals surface area (Å²) in [4.78, 5) is 4.23. The van der Waals surface area contributed by atoms with Crippen molar-refractivity contribution in [2.24, 2.45) is 4.99 Å². The van der Waals surface area contributed by atoms with Crippen molar-refractivity contribution >= 4 is 15.8 Å². The third kappa shape index (κ3) is 7.60. The molecule has 2 rings (SSSR count). The number of para-hydroxylation sites is 1. The standard InChI is InChI=1S/C21H29N3O3S/c1-16-7-5-6-8-20(16)27-17(2)13-23-21(22-3)24-14-18-9-11-19(12-10-18)15-28(4,25)26/h5-12,17H,13-15H2,1-4H3,(H2,22,23,24). The summed E-state index contributed by atoms with van der Waals surface area (Å²) in [6, 6.07) is 15.5. The van der Waals surface area contributed by atoms with Crippen LogP contribution in [-0.2, 0) is 22.1 Å². The van der Waals surface area contributed by atoms with Crippen molar-refractivity contribution in [3.63, 3.8) is 0 Å². The van der Waals surface area contributed by atoms with Crippen molar-refractivity contribution in [3.8, 4) is 5.75 Å². The summed E-state index contributed by atoms with van der Waals surface area (Å²) in [6.07, 6.45) is 1.22. The molecule has 1 unspecified atom stereocenters. The van der Waals surface area contributed by atoms with Gasteiger partial charge in [0.1, 0.15) is 11.9 Å². The van der Waals surface area contributed by atoms with Crippen LogP contribution < -0.4 is 15.4 Å². The molecule has 0 bridgehead atoms. The molecule has 0 radical (unpaired) electrons. The molecule has 0 aliphatic carbocycles. The highest BCUT2D eigenvalue weighted by atomic mass is 32.2. The van der Waals surface area contributed by atoms with Crippen molar-refractivity contribution in [1.82, 2.24) is 10.6 Å². The molecule has 28 heavy (non-hydrogen) atoms. The third-order valence-electron chi connectivity index (χ3n) is 4.11. The van der Waals surface area contributed by atoms with Crippen molar-refractivity contribution < 1.29 is 13.2 Å². The van der Waals surface area contributed by atoms with Gasteiger partial charge in [0.25, 0.3) is 0 Å². The van der Waals surface area contributed by atoms with Gasteiger partial charge in [0, 0.05) is 19.8 Å². The minimum absolute atomic E-state index is 0.0186. The number of hydrogen-bond acceptors (Lipinski definition) is 4. The Hall–Kier alpha value is -2.54. The first-order valence-electron chi connectivity index (χ1n) is 9.19. The van der Waals surface area contributed by atoms with Crippen LogP contribution in [-0.4, -0.2) is 40.3 Å². The van der Waals surface area contributed by atoms with E-state index in [-0.39, 0.29) is 11.9 Å². The van der Waals surface area contributed by atoms with E-state index in [1.54, 1.807) is 7.05 Å². The molecule has 0 aliphatic rings. The van der Waals surface area contributed by atoms with E-state index in [4.69, 9.17) is 4.74 Å². The summed E-state index contributed by atoms with van der Waals surface area (Å²) < 4.78 is 28.7. The number of nitrogens with zero attached hydrogens (tertiary/aromatic N) is 1. The van der Waals surface area contributed by atoms with Crippen LogP contribution in [0.5, 0.6) is 5.75 Å². The molecule has 0 aromatic heterocycles. The number of guanidine groups is 1. The summed E-state index contributed by atoms with van der Waals surface area (Å²) in [5.74, 6) is 1.62. The van der Waals surface area contributed by atoms with Crippen LogP contribution in [0.15, 0.2) is 53.5 Å². The van der Waals surface area contributed by atoms with Gasteiger partial charge in [-0.2, -0.15) is 0 Å². The van der Waals surface area contributed by atoms with Crippen LogP contribution in [0.4, 0.5) is 0 Å². The molecule has 0 saturated heterocycles. The Morgan fingerprint density at radius 3 is 2.32 bits per heavy atom. The van der Waals surface area contributed by atoms with E-state index in [1.807, 2.05) is 62.4 Å². The minimum atomic E-state index is -3.02. The molecular formula is C21H29N3O3S. The van der Waals surface area contributed by atoms with E-state index in [2.05, 4.69) is 15.6 Å². The normalized spacial score (nSPS) is 13.1. The molecule has 7 heteroatoms. The monoisotopic (exact) mass is 403 g/mol. The van der Waals surface area contributed by atoms with Crippen LogP contribution in [0.2, 0.25) is 0 Å². The third-order valence-corrected chi connectivity index (χ3v) is 4.97. The molecule has 2 N–H and O–H groups in total. The van der Waals surface area contributed by atoms with Crippen molar-refractivity contribution in [2.45, 2.75) is 32.2 Å². The highest BCUT2D eigenvalue weighted by Crippen LogP contribution is 2.17. The van der Waals surface area contributed by atoms with Gasteiger partial charge in [-0.05, 0) is 36.6 Å². The molecular weight excluding hydrogens is 374 g/mol. The fourth-order valence-corrected chi connectivity index (χ4v) is 3.45. The maximum absolute atomic E-state index is 11.4. The molecule has 0 spiro atoms. The number of ether oxygens (including phenoxy) is 1. The van der Waals surface area contributed by atoms with Gasteiger partial charge in [-0.15, -0.1) is 0 Å². The van der Waals surface area contributed by atoms with Gasteiger partial charge >= 0.3 is 0 Å². The highest BCUT2D eigenvalue weighted by Gasteiger charge is 2.08. The van der Waals surface area contributed by atoms with Gasteiger partial charge in [0.15, 0.2) is 15.8 Å². The Morgan fingerprint density at radius 1 is 1.07 bits per heavy atom. The fourth-order valence-electron chi connectivity index (χ4n) is 2.65. The van der Waals surface area contributed by atoms with Gasteiger partial charge in [-0.3, -0.25) is 4.99 Å². The molecule has 2 aromatic rings. The zero-order chi connectivity index (χ0) is 20.6. The van der Waals surface area contributed by atoms with Gasteiger partial charge in [0.2, 0.25) is 0 Å². The lowest BCUT2D eigenvalue weighted by molar-refractivity contribution is 0.222. The molecule has 0 amide bonds. The quantitative estimate of drug-likeness (QED) is 0.523. The van der Waals surface area contributed by atoms with E-state index in [0.29, 0.717) is 19.0 Å². The molecule has 0 fully saturated rings. The van der Waals surface area contributed by atoms with Crippen LogP contribution in [0.25, 0.3) is 0 Å². The minimum Gasteiger partial charge on any atom is -0.489 e. The van der Waals surface area contributed by atoms with Crippen LogP contribution in [0.1, 0.15) is 23.6 Å². The Bertz CT molecular complexity index is 893. The van der Waals surface area contributed by atoms with Crippen LogP contribution in [0.3, 0.4) is 0 Å². The van der Waals surface area contributed by atoms with Crippen molar-refractivity contribution in [3.05, 3.63) is 65.2 Å². The second kappa shape index (κ2) is 10.1. The number of benzene rings is 2. The average molecular weight is 404 g/mol. The number of nitrogens with one attached hydrogen (secondary N) is 2. The summed E-state index contributed by atoms with van der Waals surface area (Å²) in [5, 5.41) is 6.51. The summed E-state index contributed by atoms with van der Waals surface area (Å²) in [7, 11) is -1.30. The van der Waals surface area contributed by atoms with Crippen molar-refractivity contribution in [1.29, 1.82) is 0 Å². The summed E-state index contributed by atoms with van der Waals surface area (Å²) in [5.41, 5.74) is 2.94. The Balaban J connectivity index is 1.80. The molecule has 6 nitrogen and oxygen atoms in total. The number of aliphatic imine (C=N–C) groups is 1. The Labute approximate surface area is 168 Å². The van der Waals surface area contributed by atoms with Crippen LogP contribution in [0, 0.1) is 6.92 Å². The van der Waals surface area contributed by atoms with E-state index < -0.39 is 9.84 Å². The molecule has 152 valence electrons. The number of hydrogen-bond donors (Lipinski definition) is 2. The number of sulfone groups is 1. The molecule has 1 atom stereocenters. The Morgan fingerprint density at radius 2 is 1.71 bits per heavy atom. The van der Waals surface area contributed by atoms with E-state index in [0.717, 1.165) is 22.4 Å². The predicted octanol–water partition coefficient (Wildman–Crippen LogP) is 2.67. The predicted molar refractivity (Wildman–Crippen MR) is 114 cm³/mol. The molecule has 0 heterocycles. The van der Waals surface area contributed by atoms with Gasteiger partial charge in [-0.25, -0.2) is 8.42 Å². The van der Waals surface area contributed by atoms with E-state index in [1.165, 1.54) is 6.26 Å². The maximum atomic E-state index is 11.4. The highest BCUT2D eigenvalue weighted by molar-refractivity contribution is 7.89. The van der Waals surface area contributed by atoms with Gasteiger partial charge < -0.3 is 15.4 Å². The van der Waals surface area contributed by atoms with Gasteiger partial charge in [0.05, 0.1) is 12.3 Å². The SMILES string of the molecule is CN=C(NCc1ccc(CS(C)(=O)=O)cc1)NCC(C)Oc1ccccc1C. The lowest BCUT2D eigenvalue weighted by atomic mass is 10.1. The lowest BCUT2D eigenvalue weighted by Gasteiger charge is -2.19. The maximum Gasteiger partial charge on any atom is 0.191 e. The number of rotatable bonds is 8. The topological polar surface area (TPSA) is 79.8 Å². The van der Waals surface area contributed by atoms with E-state index in [9.17, 15) is 8.42 Å². The summed E-state index contributed by atoms with van der Waals surface area (Å²) in [6.45, 7) is 5.23. The molecule has 0 aliphatic heterocycles. The zero-order valence-corrected chi connectivity index (χ0v) is 17.7. The second-order valence-corrected chi connectivity index (χ2v) is 9.03. The first-order valence-corrected chi connectivity index (χ1v) is 11.2. The average Bonchev–Trinajstić information content (AvgIpc) is 2.64. The zero-order valence-electron chi connectivity index (χ0n) is 16.9. The van der Waals surface area contributed by atoms with Crippen molar-refractivity contribution in [2.75, 3.05) is 19.8 Å². The van der Waals surface area contributed by atoms with Crippen LogP contribution >= 0.6 is 0 Å². The molecule has 2 aromatic carbocycles. The fraction of sp³-hybridized carbons (Fsp3) is 0.381. The Kier molecular flexibility index (Phi) is 7.87. The lowest BCUT2D eigenvalue weighted by Crippen LogP contribution is -2.41.